The summed E-state index contributed by atoms with van der Waals surface area (Å²) in [6.45, 7) is 1.60. The third-order valence-electron chi connectivity index (χ3n) is 5.14. The van der Waals surface area contributed by atoms with Crippen LogP contribution in [0.3, 0.4) is 0 Å². The van der Waals surface area contributed by atoms with Crippen LogP contribution in [0, 0.1) is 12.7 Å². The first-order valence-corrected chi connectivity index (χ1v) is 12.7. The van der Waals surface area contributed by atoms with E-state index >= 15 is 0 Å². The summed E-state index contributed by atoms with van der Waals surface area (Å²) < 4.78 is 19.8. The van der Waals surface area contributed by atoms with Crippen molar-refractivity contribution in [3.05, 3.63) is 97.6 Å². The second-order valence-electron chi connectivity index (χ2n) is 7.89. The minimum absolute atomic E-state index is 0.0813. The van der Waals surface area contributed by atoms with Gasteiger partial charge in [-0.2, -0.15) is 0 Å². The van der Waals surface area contributed by atoms with Gasteiger partial charge in [-0.3, -0.25) is 19.3 Å². The molecular weight excluding hydrogens is 571 g/mol. The fourth-order valence-electron chi connectivity index (χ4n) is 3.42. The van der Waals surface area contributed by atoms with Gasteiger partial charge in [-0.05, 0) is 78.4 Å². The Morgan fingerprint density at radius 2 is 1.97 bits per heavy atom. The van der Waals surface area contributed by atoms with Crippen molar-refractivity contribution in [1.82, 2.24) is 4.90 Å². The maximum Gasteiger partial charge on any atom is 0.293 e. The molecule has 0 bridgehead atoms. The minimum Gasteiger partial charge on any atom is -0.483 e. The molecule has 1 saturated heterocycles. The van der Waals surface area contributed by atoms with Crippen LogP contribution in [-0.2, 0) is 16.1 Å². The molecule has 0 unspecified atom stereocenters. The average Bonchev–Trinajstić information content (AvgIpc) is 3.07. The molecule has 0 saturated carbocycles. The SMILES string of the molecule is Cc1cccc(NC(=O)COc2ccc(Br)cc2/C=C2\SC(=O)N(Cc3ccc(F)cc3Cl)C2=O)c1. The van der Waals surface area contributed by atoms with Crippen LogP contribution in [0.4, 0.5) is 14.9 Å². The highest BCUT2D eigenvalue weighted by Gasteiger charge is 2.35. The first-order chi connectivity index (χ1) is 17.2. The molecule has 6 nitrogen and oxygen atoms in total. The smallest absolute Gasteiger partial charge is 0.293 e. The van der Waals surface area contributed by atoms with Gasteiger partial charge in [0.15, 0.2) is 6.61 Å². The molecule has 0 aromatic heterocycles. The number of aryl methyl sites for hydroxylation is 1. The molecule has 0 radical (unpaired) electrons. The van der Waals surface area contributed by atoms with E-state index in [1.54, 1.807) is 24.3 Å². The maximum atomic E-state index is 13.3. The lowest BCUT2D eigenvalue weighted by Gasteiger charge is -2.13. The summed E-state index contributed by atoms with van der Waals surface area (Å²) in [5.41, 5.74) is 2.64. The molecule has 0 spiro atoms. The van der Waals surface area contributed by atoms with Crippen LogP contribution >= 0.6 is 39.3 Å². The van der Waals surface area contributed by atoms with Crippen molar-refractivity contribution in [2.45, 2.75) is 13.5 Å². The zero-order chi connectivity index (χ0) is 25.8. The molecule has 36 heavy (non-hydrogen) atoms. The molecule has 1 N–H and O–H groups in total. The maximum absolute atomic E-state index is 13.3. The second-order valence-corrected chi connectivity index (χ2v) is 10.2. The molecule has 4 rings (SSSR count). The predicted octanol–water partition coefficient (Wildman–Crippen LogP) is 6.80. The standard InChI is InChI=1S/C26H19BrClFN2O4S/c1-15-3-2-4-20(9-15)30-24(32)14-35-22-8-6-18(27)10-17(22)11-23-25(33)31(26(34)36-23)13-16-5-7-19(29)12-21(16)28/h2-12H,13-14H2,1H3,(H,30,32)/b23-11-. The number of nitrogens with one attached hydrogen (secondary N) is 1. The Balaban J connectivity index is 1.49. The molecule has 0 atom stereocenters. The van der Waals surface area contributed by atoms with Crippen molar-refractivity contribution >= 4 is 68.1 Å². The van der Waals surface area contributed by atoms with Gasteiger partial charge in [0.05, 0.1) is 11.4 Å². The van der Waals surface area contributed by atoms with Gasteiger partial charge in [-0.1, -0.05) is 45.7 Å². The van der Waals surface area contributed by atoms with E-state index in [-0.39, 0.29) is 29.0 Å². The molecule has 1 aliphatic heterocycles. The molecule has 1 fully saturated rings. The van der Waals surface area contributed by atoms with Crippen molar-refractivity contribution in [2.24, 2.45) is 0 Å². The Hall–Kier alpha value is -3.14. The number of hydrogen-bond acceptors (Lipinski definition) is 5. The number of halogens is 3. The number of carbonyl (C=O) groups excluding carboxylic acids is 3. The van der Waals surface area contributed by atoms with E-state index in [9.17, 15) is 18.8 Å². The Labute approximate surface area is 224 Å². The van der Waals surface area contributed by atoms with Gasteiger partial charge in [0.2, 0.25) is 0 Å². The van der Waals surface area contributed by atoms with E-state index in [1.807, 2.05) is 25.1 Å². The Morgan fingerprint density at radius 3 is 2.72 bits per heavy atom. The first kappa shape index (κ1) is 25.9. The Kier molecular flexibility index (Phi) is 8.13. The molecule has 3 aromatic carbocycles. The average molecular weight is 590 g/mol. The number of nitrogens with zero attached hydrogens (tertiary/aromatic N) is 1. The fourth-order valence-corrected chi connectivity index (χ4v) is 4.86. The third-order valence-corrected chi connectivity index (χ3v) is 6.89. The van der Waals surface area contributed by atoms with Crippen molar-refractivity contribution in [3.8, 4) is 5.75 Å². The number of amides is 3. The van der Waals surface area contributed by atoms with Crippen LogP contribution in [-0.4, -0.2) is 28.6 Å². The highest BCUT2D eigenvalue weighted by molar-refractivity contribution is 9.10. The normalized spacial score (nSPS) is 14.4. The fraction of sp³-hybridized carbons (Fsp3) is 0.115. The second kappa shape index (κ2) is 11.3. The lowest BCUT2D eigenvalue weighted by Crippen LogP contribution is -2.27. The Morgan fingerprint density at radius 1 is 1.17 bits per heavy atom. The zero-order valence-corrected chi connectivity index (χ0v) is 22.0. The van der Waals surface area contributed by atoms with Crippen molar-refractivity contribution in [2.75, 3.05) is 11.9 Å². The number of anilines is 1. The highest BCUT2D eigenvalue weighted by Crippen LogP contribution is 2.36. The lowest BCUT2D eigenvalue weighted by atomic mass is 10.1. The summed E-state index contributed by atoms with van der Waals surface area (Å²) in [4.78, 5) is 39.1. The summed E-state index contributed by atoms with van der Waals surface area (Å²) in [6, 6.07) is 16.3. The molecular formula is C26H19BrClFN2O4S. The highest BCUT2D eigenvalue weighted by atomic mass is 79.9. The first-order valence-electron chi connectivity index (χ1n) is 10.7. The number of ether oxygens (including phenoxy) is 1. The largest absolute Gasteiger partial charge is 0.483 e. The third kappa shape index (κ3) is 6.34. The summed E-state index contributed by atoms with van der Waals surface area (Å²) >= 11 is 10.2. The van der Waals surface area contributed by atoms with E-state index < -0.39 is 17.0 Å². The molecule has 3 amide bonds. The molecule has 3 aromatic rings. The number of hydrogen-bond donors (Lipinski definition) is 1. The topological polar surface area (TPSA) is 75.7 Å². The van der Waals surface area contributed by atoms with Crippen LogP contribution in [0.1, 0.15) is 16.7 Å². The summed E-state index contributed by atoms with van der Waals surface area (Å²) in [6.07, 6.45) is 1.54. The summed E-state index contributed by atoms with van der Waals surface area (Å²) in [5.74, 6) is -0.988. The van der Waals surface area contributed by atoms with Gasteiger partial charge >= 0.3 is 0 Å². The van der Waals surface area contributed by atoms with Crippen LogP contribution in [0.25, 0.3) is 6.08 Å². The predicted molar refractivity (Wildman–Crippen MR) is 142 cm³/mol. The molecule has 184 valence electrons. The van der Waals surface area contributed by atoms with Crippen molar-refractivity contribution in [1.29, 1.82) is 0 Å². The van der Waals surface area contributed by atoms with E-state index in [0.29, 0.717) is 22.6 Å². The number of rotatable bonds is 7. The van der Waals surface area contributed by atoms with Crippen molar-refractivity contribution < 1.29 is 23.5 Å². The van der Waals surface area contributed by atoms with Gasteiger partial charge in [0.25, 0.3) is 17.1 Å². The van der Waals surface area contributed by atoms with Crippen molar-refractivity contribution in [3.63, 3.8) is 0 Å². The molecule has 10 heteroatoms. The molecule has 0 aliphatic carbocycles. The minimum atomic E-state index is -0.507. The summed E-state index contributed by atoms with van der Waals surface area (Å²) in [7, 11) is 0. The van der Waals surface area contributed by atoms with Gasteiger partial charge in [-0.15, -0.1) is 0 Å². The quantitative estimate of drug-likeness (QED) is 0.307. The number of carbonyl (C=O) groups is 3. The number of imide groups is 1. The van der Waals surface area contributed by atoms with E-state index in [4.69, 9.17) is 16.3 Å². The number of benzene rings is 3. The molecule has 1 aliphatic rings. The van der Waals surface area contributed by atoms with E-state index in [2.05, 4.69) is 21.2 Å². The monoisotopic (exact) mass is 588 g/mol. The van der Waals surface area contributed by atoms with Crippen LogP contribution < -0.4 is 10.1 Å². The lowest BCUT2D eigenvalue weighted by molar-refractivity contribution is -0.123. The van der Waals surface area contributed by atoms with Crippen LogP contribution in [0.15, 0.2) is 70.0 Å². The van der Waals surface area contributed by atoms with Crippen LogP contribution in [0.5, 0.6) is 5.75 Å². The van der Waals surface area contributed by atoms with Gasteiger partial charge < -0.3 is 10.1 Å². The number of thioether (sulfide) groups is 1. The Bertz CT molecular complexity index is 1400. The summed E-state index contributed by atoms with van der Waals surface area (Å²) in [5, 5.41) is 2.43. The van der Waals surface area contributed by atoms with Crippen LogP contribution in [0.2, 0.25) is 5.02 Å². The van der Waals surface area contributed by atoms with Gasteiger partial charge in [0, 0.05) is 20.7 Å². The van der Waals surface area contributed by atoms with Gasteiger partial charge in [0.1, 0.15) is 11.6 Å². The van der Waals surface area contributed by atoms with E-state index in [1.165, 1.54) is 18.2 Å². The molecule has 1 heterocycles. The van der Waals surface area contributed by atoms with E-state index in [0.717, 1.165) is 32.8 Å². The zero-order valence-electron chi connectivity index (χ0n) is 18.9. The van der Waals surface area contributed by atoms with Gasteiger partial charge in [-0.25, -0.2) is 4.39 Å².